The first-order chi connectivity index (χ1) is 12.0. The minimum atomic E-state index is -1.00. The zero-order valence-electron chi connectivity index (χ0n) is 16.9. The van der Waals surface area contributed by atoms with Crippen LogP contribution >= 0.6 is 0 Å². The smallest absolute Gasteiger partial charge is 0.309 e. The molecule has 1 saturated heterocycles. The summed E-state index contributed by atoms with van der Waals surface area (Å²) in [4.78, 5) is 14.6. The lowest BCUT2D eigenvalue weighted by Gasteiger charge is -2.46. The van der Waals surface area contributed by atoms with Crippen LogP contribution in [0.25, 0.3) is 0 Å². The van der Waals surface area contributed by atoms with Gasteiger partial charge in [0.05, 0.1) is 19.1 Å². The van der Waals surface area contributed by atoms with Crippen molar-refractivity contribution >= 4 is 5.97 Å². The van der Waals surface area contributed by atoms with Crippen LogP contribution in [0.1, 0.15) is 59.4 Å². The maximum Gasteiger partial charge on any atom is 0.309 e. The number of nitrogens with zero attached hydrogens (tertiary/aromatic N) is 1. The SMILES string of the molecule is COc1ccc(CN2C(C)CC(O)(CC(=O)OC(C)(C)C)C[C@@H]2C)cc1. The maximum atomic E-state index is 12.2. The van der Waals surface area contributed by atoms with E-state index in [1.807, 2.05) is 32.9 Å². The number of ether oxygens (including phenoxy) is 2. The third kappa shape index (κ3) is 5.71. The van der Waals surface area contributed by atoms with E-state index in [9.17, 15) is 9.90 Å². The van der Waals surface area contributed by atoms with Gasteiger partial charge in [0.2, 0.25) is 0 Å². The summed E-state index contributed by atoms with van der Waals surface area (Å²) in [5.41, 5.74) is -0.320. The number of benzene rings is 1. The molecule has 0 saturated carbocycles. The molecule has 2 unspecified atom stereocenters. The summed E-state index contributed by atoms with van der Waals surface area (Å²) in [6, 6.07) is 8.42. The lowest BCUT2D eigenvalue weighted by Crippen LogP contribution is -2.54. The lowest BCUT2D eigenvalue weighted by molar-refractivity contribution is -0.164. The Hall–Kier alpha value is -1.59. The Bertz CT molecular complexity index is 593. The fourth-order valence-corrected chi connectivity index (χ4v) is 3.90. The quantitative estimate of drug-likeness (QED) is 0.811. The number of methoxy groups -OCH3 is 1. The topological polar surface area (TPSA) is 59.0 Å². The molecule has 2 rings (SSSR count). The van der Waals surface area contributed by atoms with E-state index in [1.165, 1.54) is 5.56 Å². The second-order valence-corrected chi connectivity index (χ2v) is 8.61. The van der Waals surface area contributed by atoms with Gasteiger partial charge in [0.15, 0.2) is 0 Å². The molecule has 1 N–H and O–H groups in total. The summed E-state index contributed by atoms with van der Waals surface area (Å²) < 4.78 is 10.6. The number of hydrogen-bond acceptors (Lipinski definition) is 5. The van der Waals surface area contributed by atoms with E-state index in [1.54, 1.807) is 7.11 Å². The molecule has 0 amide bonds. The Balaban J connectivity index is 2.00. The van der Waals surface area contributed by atoms with Crippen molar-refractivity contribution in [2.45, 2.75) is 83.7 Å². The normalized spacial score (nSPS) is 27.2. The van der Waals surface area contributed by atoms with Gasteiger partial charge in [-0.15, -0.1) is 0 Å². The van der Waals surface area contributed by atoms with Crippen LogP contribution in [-0.4, -0.2) is 46.4 Å². The zero-order valence-corrected chi connectivity index (χ0v) is 16.9. The molecule has 1 heterocycles. The minimum Gasteiger partial charge on any atom is -0.497 e. The van der Waals surface area contributed by atoms with Crippen molar-refractivity contribution in [3.05, 3.63) is 29.8 Å². The molecular weight excluding hydrogens is 330 g/mol. The first-order valence-electron chi connectivity index (χ1n) is 9.34. The summed E-state index contributed by atoms with van der Waals surface area (Å²) in [6.45, 7) is 10.6. The standard InChI is InChI=1S/C21H33NO4/c1-15-11-21(24,13-19(23)26-20(3,4)5)12-16(2)22(15)14-17-7-9-18(25-6)10-8-17/h7-10,15-16,24H,11-14H2,1-6H3/t15-,16?,21?/m0/s1. The van der Waals surface area contributed by atoms with Gasteiger partial charge < -0.3 is 14.6 Å². The molecule has 26 heavy (non-hydrogen) atoms. The van der Waals surface area contributed by atoms with E-state index >= 15 is 0 Å². The number of carbonyl (C=O) groups is 1. The largest absolute Gasteiger partial charge is 0.497 e. The van der Waals surface area contributed by atoms with Gasteiger partial charge in [0.25, 0.3) is 0 Å². The van der Waals surface area contributed by atoms with Crippen LogP contribution in [0.5, 0.6) is 5.75 Å². The first-order valence-corrected chi connectivity index (χ1v) is 9.34. The van der Waals surface area contributed by atoms with Gasteiger partial charge in [-0.3, -0.25) is 9.69 Å². The molecule has 0 radical (unpaired) electrons. The number of rotatable bonds is 5. The van der Waals surface area contributed by atoms with Crippen molar-refractivity contribution in [1.82, 2.24) is 4.90 Å². The first kappa shape index (κ1) is 20.7. The number of hydrogen-bond donors (Lipinski definition) is 1. The molecule has 0 aliphatic carbocycles. The molecule has 1 aliphatic rings. The molecular formula is C21H33NO4. The summed E-state index contributed by atoms with van der Waals surface area (Å²) in [5.74, 6) is 0.517. The van der Waals surface area contributed by atoms with Gasteiger partial charge in [0.1, 0.15) is 11.4 Å². The van der Waals surface area contributed by atoms with Crippen LogP contribution in [0.3, 0.4) is 0 Å². The molecule has 5 nitrogen and oxygen atoms in total. The maximum absolute atomic E-state index is 12.2. The Morgan fingerprint density at radius 3 is 2.19 bits per heavy atom. The second kappa shape index (κ2) is 7.97. The van der Waals surface area contributed by atoms with E-state index in [-0.39, 0.29) is 24.5 Å². The van der Waals surface area contributed by atoms with Crippen molar-refractivity contribution in [2.24, 2.45) is 0 Å². The average Bonchev–Trinajstić information content (AvgIpc) is 2.49. The molecule has 0 spiro atoms. The van der Waals surface area contributed by atoms with Gasteiger partial charge >= 0.3 is 5.97 Å². The van der Waals surface area contributed by atoms with Crippen LogP contribution < -0.4 is 4.74 Å². The van der Waals surface area contributed by atoms with Crippen molar-refractivity contribution in [3.63, 3.8) is 0 Å². The number of likely N-dealkylation sites (tertiary alicyclic amines) is 1. The number of carbonyl (C=O) groups excluding carboxylic acids is 1. The van der Waals surface area contributed by atoms with Crippen molar-refractivity contribution in [3.8, 4) is 5.75 Å². The van der Waals surface area contributed by atoms with Crippen LogP contribution in [0.4, 0.5) is 0 Å². The second-order valence-electron chi connectivity index (χ2n) is 8.61. The van der Waals surface area contributed by atoms with Crippen molar-refractivity contribution < 1.29 is 19.4 Å². The van der Waals surface area contributed by atoms with Crippen molar-refractivity contribution in [1.29, 1.82) is 0 Å². The van der Waals surface area contributed by atoms with E-state index in [0.29, 0.717) is 12.8 Å². The highest BCUT2D eigenvalue weighted by Gasteiger charge is 2.42. The highest BCUT2D eigenvalue weighted by Crippen LogP contribution is 2.35. The summed E-state index contributed by atoms with van der Waals surface area (Å²) in [6.07, 6.45) is 1.18. The molecule has 0 aromatic heterocycles. The van der Waals surface area contributed by atoms with E-state index in [4.69, 9.17) is 9.47 Å². The van der Waals surface area contributed by atoms with Gasteiger partial charge in [-0.1, -0.05) is 12.1 Å². The van der Waals surface area contributed by atoms with Gasteiger partial charge in [-0.25, -0.2) is 0 Å². The zero-order chi connectivity index (χ0) is 19.5. The van der Waals surface area contributed by atoms with Crippen LogP contribution in [0.15, 0.2) is 24.3 Å². The average molecular weight is 363 g/mol. The van der Waals surface area contributed by atoms with Gasteiger partial charge in [0, 0.05) is 18.6 Å². The molecule has 5 heteroatoms. The monoisotopic (exact) mass is 363 g/mol. The van der Waals surface area contributed by atoms with Crippen LogP contribution in [-0.2, 0) is 16.1 Å². The van der Waals surface area contributed by atoms with E-state index < -0.39 is 11.2 Å². The van der Waals surface area contributed by atoms with Crippen LogP contribution in [0, 0.1) is 0 Å². The number of aliphatic hydroxyl groups is 1. The molecule has 3 atom stereocenters. The lowest BCUT2D eigenvalue weighted by atomic mass is 9.80. The molecule has 1 aliphatic heterocycles. The van der Waals surface area contributed by atoms with Gasteiger partial charge in [-0.05, 0) is 65.2 Å². The van der Waals surface area contributed by atoms with Crippen LogP contribution in [0.2, 0.25) is 0 Å². The highest BCUT2D eigenvalue weighted by molar-refractivity contribution is 5.71. The Labute approximate surface area is 157 Å². The molecule has 1 aromatic carbocycles. The Kier molecular flexibility index (Phi) is 6.35. The van der Waals surface area contributed by atoms with E-state index in [2.05, 4.69) is 30.9 Å². The molecule has 146 valence electrons. The van der Waals surface area contributed by atoms with Crippen molar-refractivity contribution in [2.75, 3.05) is 7.11 Å². The summed E-state index contributed by atoms with van der Waals surface area (Å²) in [7, 11) is 1.66. The molecule has 0 bridgehead atoms. The predicted molar refractivity (Wildman–Crippen MR) is 102 cm³/mol. The Morgan fingerprint density at radius 2 is 1.73 bits per heavy atom. The fraction of sp³-hybridized carbons (Fsp3) is 0.667. The summed E-state index contributed by atoms with van der Waals surface area (Å²) >= 11 is 0. The highest BCUT2D eigenvalue weighted by atomic mass is 16.6. The summed E-state index contributed by atoms with van der Waals surface area (Å²) in [5, 5.41) is 11.0. The minimum absolute atomic E-state index is 0.0509. The third-order valence-electron chi connectivity index (χ3n) is 4.90. The predicted octanol–water partition coefficient (Wildman–Crippen LogP) is 3.53. The van der Waals surface area contributed by atoms with Gasteiger partial charge in [-0.2, -0.15) is 0 Å². The number of esters is 1. The Morgan fingerprint density at radius 1 is 1.19 bits per heavy atom. The third-order valence-corrected chi connectivity index (χ3v) is 4.90. The number of piperidine rings is 1. The molecule has 1 fully saturated rings. The molecule has 1 aromatic rings. The fourth-order valence-electron chi connectivity index (χ4n) is 3.90. The van der Waals surface area contributed by atoms with E-state index in [0.717, 1.165) is 12.3 Å².